The summed E-state index contributed by atoms with van der Waals surface area (Å²) in [4.78, 5) is 1.39. The van der Waals surface area contributed by atoms with E-state index in [0.29, 0.717) is 27.6 Å². The molecule has 2 nitrogen and oxygen atoms in total. The number of halogens is 1. The van der Waals surface area contributed by atoms with E-state index in [-0.39, 0.29) is 12.4 Å². The summed E-state index contributed by atoms with van der Waals surface area (Å²) in [5, 5.41) is 0. The van der Waals surface area contributed by atoms with Crippen LogP contribution in [0.1, 0.15) is 0 Å². The van der Waals surface area contributed by atoms with Crippen LogP contribution in [0.3, 0.4) is 0 Å². The molecule has 0 N–H and O–H groups in total. The van der Waals surface area contributed by atoms with Gasteiger partial charge in [-0.1, -0.05) is 0 Å². The molecule has 1 aliphatic heterocycles. The molecular weight excluding hydrogens is 358 g/mol. The summed E-state index contributed by atoms with van der Waals surface area (Å²) < 4.78 is 10.3. The van der Waals surface area contributed by atoms with Crippen molar-refractivity contribution < 1.29 is 12.4 Å². The fraction of sp³-hybridized carbons (Fsp3) is 0. The molecule has 3 rings (SSSR count). The molecule has 0 saturated heterocycles. The van der Waals surface area contributed by atoms with Gasteiger partial charge in [0.15, 0.2) is 0 Å². The molecule has 0 atom stereocenters. The number of nitrogens with zero attached hydrogens (tertiary/aromatic N) is 2. The molecule has 0 saturated carbocycles. The van der Waals surface area contributed by atoms with Crippen LogP contribution in [-0.4, -0.2) is 31.6 Å². The topological polar surface area (TPSA) is 27.0 Å². The molecule has 0 aliphatic carbocycles. The summed E-state index contributed by atoms with van der Waals surface area (Å²) in [6.07, 6.45) is 0. The molecule has 0 amide bonds. The summed E-state index contributed by atoms with van der Waals surface area (Å²) >= 11 is 0.765. The van der Waals surface area contributed by atoms with Gasteiger partial charge in [0.1, 0.15) is 0 Å². The van der Waals surface area contributed by atoms with Crippen LogP contribution < -0.4 is 16.7 Å². The molecule has 0 fully saturated rings. The van der Waals surface area contributed by atoms with Crippen LogP contribution in [0.25, 0.3) is 10.2 Å². The van der Waals surface area contributed by atoms with Crippen molar-refractivity contribution in [3.05, 3.63) is 12.1 Å². The Bertz CT molecular complexity index is 447. The first kappa shape index (κ1) is 10.2. The van der Waals surface area contributed by atoms with Gasteiger partial charge in [-0.05, 0) is 0 Å². The zero-order valence-electron chi connectivity index (χ0n) is 6.06. The number of benzene rings is 1. The molecule has 1 aromatic carbocycles. The van der Waals surface area contributed by atoms with Gasteiger partial charge in [0.05, 0.1) is 0 Å². The van der Waals surface area contributed by atoms with E-state index in [9.17, 15) is 0 Å². The molecule has 0 spiro atoms. The van der Waals surface area contributed by atoms with Crippen molar-refractivity contribution in [2.45, 2.75) is 4.90 Å². The Labute approximate surface area is 100 Å². The van der Waals surface area contributed by atoms with Crippen molar-refractivity contribution in [3.63, 3.8) is 0 Å². The second-order valence-corrected chi connectivity index (χ2v) is 8.45. The first-order valence-corrected chi connectivity index (χ1v) is 10.4. The van der Waals surface area contributed by atoms with Crippen molar-refractivity contribution >= 4 is 63.4 Å². The maximum atomic E-state index is 4.45. The Hall–Kier alpha value is 0.719. The fourth-order valence-electron chi connectivity index (χ4n) is 1.04. The third-order valence-corrected chi connectivity index (χ3v) is 7.97. The Morgan fingerprint density at radius 3 is 3.23 bits per heavy atom. The van der Waals surface area contributed by atoms with Crippen LogP contribution in [-0.2, 0) is 0 Å². The first-order chi connectivity index (χ1) is 5.95. The summed E-state index contributed by atoms with van der Waals surface area (Å²) in [6.45, 7) is 0. The zero-order chi connectivity index (χ0) is 7.97. The predicted molar refractivity (Wildman–Crippen MR) is 54.4 cm³/mol. The third kappa shape index (κ3) is 1.65. The van der Waals surface area contributed by atoms with Gasteiger partial charge in [0.25, 0.3) is 0 Å². The van der Waals surface area contributed by atoms with Crippen molar-refractivity contribution in [1.29, 1.82) is 0 Å². The Morgan fingerprint density at radius 1 is 1.38 bits per heavy atom. The SMILES string of the molecule is [Cl-].c1cc2n[se][s+]c2c2c1[N][Se]S2. The van der Waals surface area contributed by atoms with Gasteiger partial charge in [0, 0.05) is 0 Å². The van der Waals surface area contributed by atoms with Crippen LogP contribution >= 0.6 is 19.9 Å². The van der Waals surface area contributed by atoms with E-state index in [1.807, 2.05) is 19.9 Å². The van der Waals surface area contributed by atoms with Crippen molar-refractivity contribution in [3.8, 4) is 0 Å². The maximum absolute atomic E-state index is 4.45. The average Bonchev–Trinajstić information content (AvgIpc) is 2.71. The molecule has 2 heterocycles. The van der Waals surface area contributed by atoms with Crippen LogP contribution in [0.2, 0.25) is 0 Å². The second kappa shape index (κ2) is 4.07. The van der Waals surface area contributed by atoms with Crippen molar-refractivity contribution in [1.82, 2.24) is 8.31 Å². The minimum absolute atomic E-state index is 0. The molecular formula is C6H2ClN2S2Se2. The van der Waals surface area contributed by atoms with E-state index >= 15 is 0 Å². The second-order valence-electron chi connectivity index (χ2n) is 2.26. The number of hydrogen-bond donors (Lipinski definition) is 0. The first-order valence-electron chi connectivity index (χ1n) is 3.21. The third-order valence-electron chi connectivity index (χ3n) is 1.58. The minimum atomic E-state index is 0. The van der Waals surface area contributed by atoms with E-state index in [0.717, 1.165) is 0 Å². The monoisotopic (exact) mass is 361 g/mol. The van der Waals surface area contributed by atoms with Crippen LogP contribution in [0.15, 0.2) is 17.0 Å². The fourth-order valence-corrected chi connectivity index (χ4v) is 8.59. The number of rotatable bonds is 0. The number of fused-ring (bicyclic) bond motifs is 3. The van der Waals surface area contributed by atoms with Crippen molar-refractivity contribution in [2.75, 3.05) is 0 Å². The summed E-state index contributed by atoms with van der Waals surface area (Å²) in [7, 11) is 3.80. The zero-order valence-corrected chi connectivity index (χ0v) is 11.9. The van der Waals surface area contributed by atoms with Gasteiger partial charge in [-0.3, -0.25) is 0 Å². The quantitative estimate of drug-likeness (QED) is 0.424. The van der Waals surface area contributed by atoms with Gasteiger partial charge in [-0.15, -0.1) is 0 Å². The van der Waals surface area contributed by atoms with Crippen molar-refractivity contribution in [2.24, 2.45) is 0 Å². The average molecular weight is 360 g/mol. The standard InChI is InChI=1S/C6H2N2S2Se2.ClH/c1-2-4-6(10-12-8-4)5-3(1)7-11-9-5;/h1-2H;1H/q+1;/p-1. The van der Waals surface area contributed by atoms with Crippen LogP contribution in [0, 0.1) is 0 Å². The molecule has 0 bridgehead atoms. The molecule has 1 aromatic heterocycles. The molecule has 13 heavy (non-hydrogen) atoms. The van der Waals surface area contributed by atoms with Gasteiger partial charge >= 0.3 is 88.8 Å². The number of aromatic nitrogens is 1. The Morgan fingerprint density at radius 2 is 2.31 bits per heavy atom. The molecule has 2 aromatic rings. The van der Waals surface area contributed by atoms with E-state index in [1.165, 1.54) is 20.8 Å². The van der Waals surface area contributed by atoms with E-state index in [2.05, 4.69) is 20.4 Å². The van der Waals surface area contributed by atoms with Gasteiger partial charge in [-0.25, -0.2) is 0 Å². The van der Waals surface area contributed by atoms with Crippen LogP contribution in [0.4, 0.5) is 5.69 Å². The van der Waals surface area contributed by atoms with Gasteiger partial charge < -0.3 is 12.4 Å². The van der Waals surface area contributed by atoms with Gasteiger partial charge in [-0.2, -0.15) is 0 Å². The molecule has 7 heteroatoms. The molecule has 0 unspecified atom stereocenters. The molecule has 67 valence electrons. The molecule has 1 radical (unpaired) electrons. The van der Waals surface area contributed by atoms with E-state index < -0.39 is 0 Å². The summed E-state index contributed by atoms with van der Waals surface area (Å²) in [5.74, 6) is 0. The Balaban J connectivity index is 0.000000653. The van der Waals surface area contributed by atoms with E-state index in [4.69, 9.17) is 0 Å². The van der Waals surface area contributed by atoms with Gasteiger partial charge in [0.2, 0.25) is 0 Å². The Kier molecular flexibility index (Phi) is 3.21. The normalized spacial score (nSPS) is 13.5. The van der Waals surface area contributed by atoms with Crippen LogP contribution in [0.5, 0.6) is 0 Å². The molecule has 1 aliphatic rings. The summed E-state index contributed by atoms with van der Waals surface area (Å²) in [6, 6.07) is 4.20. The number of hydrogen-bond acceptors (Lipinski definition) is 2. The predicted octanol–water partition coefficient (Wildman–Crippen LogP) is -1.49. The summed E-state index contributed by atoms with van der Waals surface area (Å²) in [5.41, 5.74) is 2.39. The van der Waals surface area contributed by atoms with E-state index in [1.54, 1.807) is 0 Å².